The maximum absolute atomic E-state index is 13.3. The third-order valence-electron chi connectivity index (χ3n) is 5.25. The van der Waals surface area contributed by atoms with E-state index in [-0.39, 0.29) is 72.5 Å². The number of aliphatic hydroxyl groups is 1. The number of anilines is 2. The summed E-state index contributed by atoms with van der Waals surface area (Å²) in [6.07, 6.45) is 3.47. The molecule has 0 atom stereocenters. The minimum absolute atomic E-state index is 0. The fraction of sp³-hybridized carbons (Fsp3) is 0.217. The first-order valence-corrected chi connectivity index (χ1v) is 12.5. The monoisotopic (exact) mass is 540 g/mol. The van der Waals surface area contributed by atoms with E-state index in [0.29, 0.717) is 23.9 Å². The van der Waals surface area contributed by atoms with E-state index in [1.807, 2.05) is 29.2 Å². The van der Waals surface area contributed by atoms with Crippen LogP contribution >= 0.6 is 12.2 Å². The van der Waals surface area contributed by atoms with Crippen LogP contribution in [-0.2, 0) is 19.4 Å². The smallest absolute Gasteiger partial charge is 0.397 e. The van der Waals surface area contributed by atoms with Gasteiger partial charge in [0.1, 0.15) is 5.70 Å². The minimum atomic E-state index is -4.52. The summed E-state index contributed by atoms with van der Waals surface area (Å²) in [5.41, 5.74) is 1.65. The molecular weight excluding hydrogens is 517 g/mol. The van der Waals surface area contributed by atoms with Crippen molar-refractivity contribution in [2.45, 2.75) is 6.42 Å². The predicted octanol–water partition coefficient (Wildman–Crippen LogP) is 2.07. The Labute approximate surface area is 236 Å². The second-order valence-corrected chi connectivity index (χ2v) is 8.97. The molecule has 1 amide bonds. The molecule has 1 radical (unpaired) electrons. The van der Waals surface area contributed by atoms with E-state index >= 15 is 0 Å². The van der Waals surface area contributed by atoms with Crippen molar-refractivity contribution >= 4 is 74.6 Å². The first kappa shape index (κ1) is 28.3. The summed E-state index contributed by atoms with van der Waals surface area (Å²) >= 11 is 5.53. The number of amides is 1. The number of β-amino-alcohol motifs (C(OH)–C–C–N with tert-alkyl or cyclic N) is 1. The van der Waals surface area contributed by atoms with E-state index in [0.717, 1.165) is 5.69 Å². The van der Waals surface area contributed by atoms with Gasteiger partial charge >= 0.3 is 10.4 Å². The Balaban J connectivity index is 0.00000361. The zero-order valence-electron chi connectivity index (χ0n) is 19.5. The number of benzene rings is 2. The Morgan fingerprint density at radius 3 is 2.39 bits per heavy atom. The Morgan fingerprint density at radius 2 is 1.69 bits per heavy atom. The molecule has 1 saturated heterocycles. The van der Waals surface area contributed by atoms with Gasteiger partial charge in [0, 0.05) is 48.7 Å². The normalized spacial score (nSPS) is 17.6. The van der Waals surface area contributed by atoms with Crippen LogP contribution in [0, 0.1) is 0 Å². The molecule has 2 aromatic carbocycles. The van der Waals surface area contributed by atoms with Gasteiger partial charge in [-0.2, -0.15) is 8.42 Å². The fourth-order valence-electron chi connectivity index (χ4n) is 3.77. The number of carbonyl (C=O) groups is 1. The van der Waals surface area contributed by atoms with Crippen LogP contribution in [0.2, 0.25) is 0 Å². The molecule has 1 fully saturated rings. The number of hydrogen-bond acceptors (Lipinski definition) is 8. The number of aliphatic hydroxyl groups excluding tert-OH is 1. The largest absolute Gasteiger partial charge is 0.439 e. The fourth-order valence-corrected chi connectivity index (χ4v) is 4.47. The van der Waals surface area contributed by atoms with Crippen molar-refractivity contribution in [3.8, 4) is 5.75 Å². The van der Waals surface area contributed by atoms with E-state index < -0.39 is 10.4 Å². The third-order valence-corrected chi connectivity index (χ3v) is 6.12. The molecule has 13 heteroatoms. The van der Waals surface area contributed by atoms with E-state index in [9.17, 15) is 18.3 Å². The molecule has 2 heterocycles. The van der Waals surface area contributed by atoms with E-state index in [1.54, 1.807) is 47.4 Å². The molecule has 4 rings (SSSR count). The number of allylic oxidation sites excluding steroid dienone is 2. The van der Waals surface area contributed by atoms with Crippen LogP contribution in [0.3, 0.4) is 0 Å². The van der Waals surface area contributed by atoms with Crippen LogP contribution in [0.25, 0.3) is 0 Å². The molecule has 2 aliphatic heterocycles. The van der Waals surface area contributed by atoms with Crippen LogP contribution < -0.4 is 14.5 Å². The van der Waals surface area contributed by atoms with Crippen molar-refractivity contribution in [2.75, 3.05) is 36.1 Å². The van der Waals surface area contributed by atoms with Crippen molar-refractivity contribution in [1.29, 1.82) is 0 Å². The quantitative estimate of drug-likeness (QED) is 0.161. The molecule has 2 aromatic rings. The van der Waals surface area contributed by atoms with Crippen LogP contribution in [0.1, 0.15) is 6.42 Å². The number of carbonyl (C=O) groups excluding carboxylic acids is 1. The summed E-state index contributed by atoms with van der Waals surface area (Å²) in [5, 5.41) is 9.80. The number of rotatable bonds is 9. The molecule has 0 aromatic heterocycles. The van der Waals surface area contributed by atoms with Crippen molar-refractivity contribution < 1.29 is 31.8 Å². The predicted molar refractivity (Wildman–Crippen MR) is 139 cm³/mol. The van der Waals surface area contributed by atoms with E-state index in [1.165, 1.54) is 4.90 Å². The van der Waals surface area contributed by atoms with Crippen molar-refractivity contribution in [1.82, 2.24) is 4.90 Å². The molecule has 0 saturated carbocycles. The summed E-state index contributed by atoms with van der Waals surface area (Å²) < 4.78 is 40.8. The Hall–Kier alpha value is -2.29. The van der Waals surface area contributed by atoms with Crippen molar-refractivity contribution in [3.05, 3.63) is 78.3 Å². The summed E-state index contributed by atoms with van der Waals surface area (Å²) in [5.74, 6) is 0.667. The minimum Gasteiger partial charge on any atom is -0.439 e. The second-order valence-electron chi connectivity index (χ2n) is 7.52. The molecule has 0 aliphatic carbocycles. The molecule has 0 unspecified atom stereocenters. The van der Waals surface area contributed by atoms with Crippen molar-refractivity contribution in [3.63, 3.8) is 0 Å². The summed E-state index contributed by atoms with van der Waals surface area (Å²) in [4.78, 5) is 18.1. The van der Waals surface area contributed by atoms with Gasteiger partial charge in [0.25, 0.3) is 5.91 Å². The average molecular weight is 541 g/mol. The molecule has 36 heavy (non-hydrogen) atoms. The SMILES string of the molecule is O=C1C(=CC=C2Oc3ccccc3N2CCCOS(=O)(=O)O)N(CCO)C(=S)N1c1ccccc1.[Na]. The average Bonchev–Trinajstić information content (AvgIpc) is 3.29. The molecular formula is C23H23N3NaO7S2. The number of thiocarbonyl (C=S) groups is 1. The van der Waals surface area contributed by atoms with Crippen molar-refractivity contribution in [2.24, 2.45) is 0 Å². The molecule has 2 N–H and O–H groups in total. The zero-order valence-corrected chi connectivity index (χ0v) is 23.1. The summed E-state index contributed by atoms with van der Waals surface area (Å²) in [6, 6.07) is 16.3. The third kappa shape index (κ3) is 6.33. The molecule has 0 bridgehead atoms. The van der Waals surface area contributed by atoms with Crippen LogP contribution in [-0.4, -0.2) is 89.9 Å². The number of nitrogens with zero attached hydrogens (tertiary/aromatic N) is 3. The zero-order chi connectivity index (χ0) is 25.0. The molecule has 185 valence electrons. The first-order chi connectivity index (χ1) is 16.8. The standard InChI is InChI=1S/C23H23N3O7S2.Na/c27-15-14-25-19(22(28)26(23(25)34)17-7-2-1-3-8-17)11-12-21-24(13-6-16-32-35(29,30)31)18-9-4-5-10-20(18)33-21;/h1-5,7-12,27H,6,13-16H2,(H,29,30,31);. The van der Waals surface area contributed by atoms with Gasteiger partial charge in [-0.1, -0.05) is 30.3 Å². The van der Waals surface area contributed by atoms with Gasteiger partial charge in [-0.15, -0.1) is 0 Å². The second kappa shape index (κ2) is 12.3. The van der Waals surface area contributed by atoms with Gasteiger partial charge in [-0.05, 0) is 49.0 Å². The van der Waals surface area contributed by atoms with Gasteiger partial charge in [0.05, 0.1) is 24.6 Å². The van der Waals surface area contributed by atoms with E-state index in [4.69, 9.17) is 21.5 Å². The Kier molecular flexibility index (Phi) is 9.66. The molecule has 0 spiro atoms. The van der Waals surface area contributed by atoms with Crippen LogP contribution in [0.4, 0.5) is 11.4 Å². The number of ether oxygens (including phenoxy) is 1. The van der Waals surface area contributed by atoms with Crippen LogP contribution in [0.15, 0.2) is 78.3 Å². The number of fused-ring (bicyclic) bond motifs is 1. The maximum Gasteiger partial charge on any atom is 0.397 e. The molecule has 10 nitrogen and oxygen atoms in total. The topological polar surface area (TPSA) is 120 Å². The number of hydrogen-bond donors (Lipinski definition) is 2. The van der Waals surface area contributed by atoms with Crippen LogP contribution in [0.5, 0.6) is 5.75 Å². The summed E-state index contributed by atoms with van der Waals surface area (Å²) in [7, 11) is -4.52. The summed E-state index contributed by atoms with van der Waals surface area (Å²) in [6.45, 7) is 0.0474. The maximum atomic E-state index is 13.3. The van der Waals surface area contributed by atoms with Gasteiger partial charge in [0.2, 0.25) is 5.88 Å². The van der Waals surface area contributed by atoms with Gasteiger partial charge in [0.15, 0.2) is 10.9 Å². The Bertz CT molecular complexity index is 1290. The first-order valence-electron chi connectivity index (χ1n) is 10.7. The van der Waals surface area contributed by atoms with Gasteiger partial charge in [-0.3, -0.25) is 14.2 Å². The Morgan fingerprint density at radius 1 is 1.00 bits per heavy atom. The van der Waals surface area contributed by atoms with E-state index in [2.05, 4.69) is 4.18 Å². The van der Waals surface area contributed by atoms with Gasteiger partial charge in [-0.25, -0.2) is 4.18 Å². The number of para-hydroxylation sites is 3. The van der Waals surface area contributed by atoms with Gasteiger partial charge < -0.3 is 19.6 Å². The molecule has 2 aliphatic rings.